The van der Waals surface area contributed by atoms with Gasteiger partial charge in [0.15, 0.2) is 5.78 Å². The molecule has 3 rings (SSSR count). The number of aryl methyl sites for hydroxylation is 1. The van der Waals surface area contributed by atoms with Crippen LogP contribution < -0.4 is 10.6 Å². The highest BCUT2D eigenvalue weighted by Gasteiger charge is 2.21. The maximum atomic E-state index is 13.7. The molecule has 26 heavy (non-hydrogen) atoms. The third-order valence-electron chi connectivity index (χ3n) is 4.07. The summed E-state index contributed by atoms with van der Waals surface area (Å²) in [5.41, 5.74) is 0.621. The molecule has 0 atom stereocenters. The lowest BCUT2D eigenvalue weighted by Crippen LogP contribution is -2.19. The second-order valence-corrected chi connectivity index (χ2v) is 5.93. The van der Waals surface area contributed by atoms with E-state index in [1.807, 2.05) is 0 Å². The van der Waals surface area contributed by atoms with Crippen LogP contribution in [-0.2, 0) is 11.2 Å². The molecule has 0 aliphatic carbocycles. The number of amides is 2. The molecule has 2 aromatic carbocycles. The molecule has 0 radical (unpaired) electrons. The number of hydrogen-bond donors (Lipinski definition) is 4. The van der Waals surface area contributed by atoms with Crippen molar-refractivity contribution in [2.45, 2.75) is 19.8 Å². The van der Waals surface area contributed by atoms with Gasteiger partial charge in [0.1, 0.15) is 17.3 Å². The van der Waals surface area contributed by atoms with Crippen molar-refractivity contribution >= 4 is 29.0 Å². The van der Waals surface area contributed by atoms with Crippen LogP contribution in [0.2, 0.25) is 0 Å². The third-order valence-corrected chi connectivity index (χ3v) is 4.07. The first-order valence-corrected chi connectivity index (χ1v) is 7.77. The number of carbonyl (C=O) groups is 3. The summed E-state index contributed by atoms with van der Waals surface area (Å²) < 4.78 is 13.7. The molecule has 1 aliphatic heterocycles. The first-order chi connectivity index (χ1) is 12.3. The Morgan fingerprint density at radius 3 is 2.50 bits per heavy atom. The normalized spacial score (nSPS) is 12.9. The zero-order chi connectivity index (χ0) is 19.0. The van der Waals surface area contributed by atoms with Gasteiger partial charge in [-0.3, -0.25) is 14.4 Å². The molecule has 2 amide bonds. The summed E-state index contributed by atoms with van der Waals surface area (Å²) in [6.07, 6.45) is 0.729. The number of hydrogen-bond acceptors (Lipinski definition) is 5. The van der Waals surface area contributed by atoms with Gasteiger partial charge in [-0.2, -0.15) is 0 Å². The van der Waals surface area contributed by atoms with E-state index in [1.165, 1.54) is 12.1 Å². The number of nitrogens with one attached hydrogen (secondary N) is 2. The van der Waals surface area contributed by atoms with E-state index in [0.29, 0.717) is 18.2 Å². The van der Waals surface area contributed by atoms with Gasteiger partial charge in [-0.1, -0.05) is 0 Å². The van der Waals surface area contributed by atoms with Gasteiger partial charge in [-0.05, 0) is 31.0 Å². The highest BCUT2D eigenvalue weighted by molar-refractivity contribution is 6.09. The van der Waals surface area contributed by atoms with E-state index in [-0.39, 0.29) is 34.9 Å². The molecule has 134 valence electrons. The van der Waals surface area contributed by atoms with Gasteiger partial charge >= 0.3 is 0 Å². The lowest BCUT2D eigenvalue weighted by molar-refractivity contribution is -0.116. The van der Waals surface area contributed by atoms with Gasteiger partial charge in [-0.25, -0.2) is 4.39 Å². The Bertz CT molecular complexity index is 955. The fourth-order valence-corrected chi connectivity index (χ4v) is 2.72. The van der Waals surface area contributed by atoms with E-state index in [9.17, 15) is 29.0 Å². The van der Waals surface area contributed by atoms with Crippen molar-refractivity contribution in [3.8, 4) is 11.5 Å². The quantitative estimate of drug-likeness (QED) is 0.497. The fraction of sp³-hybridized carbons (Fsp3) is 0.167. The van der Waals surface area contributed by atoms with Crippen molar-refractivity contribution in [1.29, 1.82) is 0 Å². The topological polar surface area (TPSA) is 116 Å². The fourth-order valence-electron chi connectivity index (χ4n) is 2.72. The van der Waals surface area contributed by atoms with Crippen LogP contribution in [0, 0.1) is 5.82 Å². The van der Waals surface area contributed by atoms with Crippen LogP contribution in [0.4, 0.5) is 15.8 Å². The summed E-state index contributed by atoms with van der Waals surface area (Å²) in [7, 11) is 0. The molecule has 2 aromatic rings. The van der Waals surface area contributed by atoms with Crippen LogP contribution in [-0.4, -0.2) is 27.8 Å². The Morgan fingerprint density at radius 1 is 1.08 bits per heavy atom. The molecule has 0 unspecified atom stereocenters. The number of aromatic hydroxyl groups is 2. The molecule has 0 bridgehead atoms. The average Bonchev–Trinajstić information content (AvgIpc) is 2.55. The van der Waals surface area contributed by atoms with E-state index < -0.39 is 23.3 Å². The Hall–Kier alpha value is -3.42. The van der Waals surface area contributed by atoms with Gasteiger partial charge in [-0.15, -0.1) is 0 Å². The number of phenolic OH excluding ortho intramolecular Hbond substituents is 2. The number of fused-ring (bicyclic) bond motifs is 1. The van der Waals surface area contributed by atoms with Crippen molar-refractivity contribution in [1.82, 2.24) is 0 Å². The molecule has 7 nitrogen and oxygen atoms in total. The first-order valence-electron chi connectivity index (χ1n) is 7.77. The monoisotopic (exact) mass is 358 g/mol. The minimum absolute atomic E-state index is 0.0676. The number of phenols is 2. The number of rotatable bonds is 3. The minimum atomic E-state index is -0.932. The zero-order valence-corrected chi connectivity index (χ0v) is 13.7. The SMILES string of the molecule is CC(=O)c1cc(C(=O)Nc2cc3c(cc2O)NC(=O)CC3)c(O)cc1F. The second kappa shape index (κ2) is 6.47. The second-order valence-electron chi connectivity index (χ2n) is 5.93. The van der Waals surface area contributed by atoms with Crippen molar-refractivity contribution < 1.29 is 29.0 Å². The van der Waals surface area contributed by atoms with E-state index in [0.717, 1.165) is 18.6 Å². The Morgan fingerprint density at radius 2 is 1.81 bits per heavy atom. The van der Waals surface area contributed by atoms with Crippen LogP contribution in [0.25, 0.3) is 0 Å². The van der Waals surface area contributed by atoms with E-state index in [2.05, 4.69) is 10.6 Å². The molecule has 0 saturated carbocycles. The molecule has 0 aromatic heterocycles. The van der Waals surface area contributed by atoms with Crippen molar-refractivity contribution in [3.05, 3.63) is 46.8 Å². The van der Waals surface area contributed by atoms with Crippen LogP contribution in [0.3, 0.4) is 0 Å². The number of benzene rings is 2. The smallest absolute Gasteiger partial charge is 0.259 e. The largest absolute Gasteiger partial charge is 0.507 e. The molecule has 0 spiro atoms. The first kappa shape index (κ1) is 17.4. The van der Waals surface area contributed by atoms with E-state index in [4.69, 9.17) is 0 Å². The summed E-state index contributed by atoms with van der Waals surface area (Å²) in [6, 6.07) is 4.47. The molecule has 1 aliphatic rings. The van der Waals surface area contributed by atoms with E-state index >= 15 is 0 Å². The number of anilines is 2. The average molecular weight is 358 g/mol. The standard InChI is InChI=1S/C18H15FN2O5/c1-8(22)10-5-11(15(23)6-12(10)19)18(26)21-14-4-9-2-3-17(25)20-13(9)7-16(14)24/h4-7,23-24H,2-3H2,1H3,(H,20,25)(H,21,26). The van der Waals surface area contributed by atoms with Crippen molar-refractivity contribution in [2.75, 3.05) is 10.6 Å². The highest BCUT2D eigenvalue weighted by atomic mass is 19.1. The summed E-state index contributed by atoms with van der Waals surface area (Å²) >= 11 is 0. The van der Waals surface area contributed by atoms with Gasteiger partial charge in [0.25, 0.3) is 5.91 Å². The predicted molar refractivity (Wildman–Crippen MR) is 91.1 cm³/mol. The minimum Gasteiger partial charge on any atom is -0.507 e. The Kier molecular flexibility index (Phi) is 4.33. The highest BCUT2D eigenvalue weighted by Crippen LogP contribution is 2.34. The third kappa shape index (κ3) is 3.21. The summed E-state index contributed by atoms with van der Waals surface area (Å²) in [4.78, 5) is 35.2. The van der Waals surface area contributed by atoms with Gasteiger partial charge < -0.3 is 20.8 Å². The summed E-state index contributed by atoms with van der Waals surface area (Å²) in [5, 5.41) is 24.9. The van der Waals surface area contributed by atoms with Crippen molar-refractivity contribution in [2.24, 2.45) is 0 Å². The summed E-state index contributed by atoms with van der Waals surface area (Å²) in [6.45, 7) is 1.14. The number of halogens is 1. The Labute approximate surface area is 147 Å². The maximum Gasteiger partial charge on any atom is 0.259 e. The predicted octanol–water partition coefficient (Wildman–Crippen LogP) is 2.58. The number of carbonyl (C=O) groups excluding carboxylic acids is 3. The maximum absolute atomic E-state index is 13.7. The zero-order valence-electron chi connectivity index (χ0n) is 13.7. The summed E-state index contributed by atoms with van der Waals surface area (Å²) in [5.74, 6) is -3.42. The lowest BCUT2D eigenvalue weighted by Gasteiger charge is -2.19. The van der Waals surface area contributed by atoms with Gasteiger partial charge in [0.05, 0.1) is 16.8 Å². The number of Topliss-reactive ketones (excluding diaryl/α,β-unsaturated/α-hetero) is 1. The molecule has 1 heterocycles. The van der Waals surface area contributed by atoms with Gasteiger partial charge in [0, 0.05) is 24.2 Å². The van der Waals surface area contributed by atoms with Crippen LogP contribution in [0.15, 0.2) is 24.3 Å². The van der Waals surface area contributed by atoms with Crippen LogP contribution >= 0.6 is 0 Å². The molecule has 0 saturated heterocycles. The lowest BCUT2D eigenvalue weighted by atomic mass is 10.0. The molecule has 8 heteroatoms. The van der Waals surface area contributed by atoms with E-state index in [1.54, 1.807) is 0 Å². The molecular weight excluding hydrogens is 343 g/mol. The van der Waals surface area contributed by atoms with Crippen molar-refractivity contribution in [3.63, 3.8) is 0 Å². The molecular formula is C18H15FN2O5. The molecule has 0 fully saturated rings. The molecule has 4 N–H and O–H groups in total. The van der Waals surface area contributed by atoms with Crippen LogP contribution in [0.1, 0.15) is 39.6 Å². The number of ketones is 1. The van der Waals surface area contributed by atoms with Crippen LogP contribution in [0.5, 0.6) is 11.5 Å². The Balaban J connectivity index is 1.93. The van der Waals surface area contributed by atoms with Gasteiger partial charge in [0.2, 0.25) is 5.91 Å².